The summed E-state index contributed by atoms with van der Waals surface area (Å²) in [5, 5.41) is 0. The van der Waals surface area contributed by atoms with E-state index < -0.39 is 0 Å². The molecule has 1 aliphatic heterocycles. The highest BCUT2D eigenvalue weighted by Crippen LogP contribution is 2.28. The lowest BCUT2D eigenvalue weighted by Gasteiger charge is -2.36. The van der Waals surface area contributed by atoms with Crippen molar-refractivity contribution in [2.24, 2.45) is 0 Å². The van der Waals surface area contributed by atoms with Gasteiger partial charge in [-0.3, -0.25) is 4.90 Å². The monoisotopic (exact) mass is 362 g/mol. The zero-order valence-corrected chi connectivity index (χ0v) is 16.4. The highest BCUT2D eigenvalue weighted by molar-refractivity contribution is 5.58. The summed E-state index contributed by atoms with van der Waals surface area (Å²) in [4.78, 5) is 5.03. The Labute approximate surface area is 163 Å². The molecular formula is C24H30N2O. The second kappa shape index (κ2) is 8.62. The first-order valence-corrected chi connectivity index (χ1v) is 10.2. The molecule has 0 radical (unpaired) electrons. The predicted molar refractivity (Wildman–Crippen MR) is 113 cm³/mol. The van der Waals surface area contributed by atoms with Crippen molar-refractivity contribution in [3.05, 3.63) is 71.3 Å². The minimum Gasteiger partial charge on any atom is -0.495 e. The molecule has 1 heterocycles. The van der Waals surface area contributed by atoms with Gasteiger partial charge in [0.25, 0.3) is 0 Å². The van der Waals surface area contributed by atoms with E-state index in [1.807, 2.05) is 6.07 Å². The number of nitrogens with zero attached hydrogens (tertiary/aromatic N) is 2. The van der Waals surface area contributed by atoms with E-state index in [4.69, 9.17) is 4.74 Å². The van der Waals surface area contributed by atoms with Crippen LogP contribution in [0.4, 0.5) is 5.69 Å². The van der Waals surface area contributed by atoms with Gasteiger partial charge in [0.15, 0.2) is 0 Å². The Balaban J connectivity index is 1.34. The van der Waals surface area contributed by atoms with E-state index in [0.29, 0.717) is 0 Å². The van der Waals surface area contributed by atoms with E-state index in [0.717, 1.165) is 44.9 Å². The molecule has 1 saturated heterocycles. The third kappa shape index (κ3) is 4.36. The van der Waals surface area contributed by atoms with Crippen LogP contribution in [0, 0.1) is 0 Å². The van der Waals surface area contributed by atoms with Crippen molar-refractivity contribution in [3.63, 3.8) is 0 Å². The number of para-hydroxylation sites is 2. The Bertz CT molecular complexity index is 790. The lowest BCUT2D eigenvalue weighted by Crippen LogP contribution is -2.46. The van der Waals surface area contributed by atoms with Crippen LogP contribution >= 0.6 is 0 Å². The highest BCUT2D eigenvalue weighted by atomic mass is 16.5. The van der Waals surface area contributed by atoms with E-state index in [1.165, 1.54) is 30.5 Å². The lowest BCUT2D eigenvalue weighted by molar-refractivity contribution is 0.282. The van der Waals surface area contributed by atoms with Gasteiger partial charge in [0.2, 0.25) is 0 Å². The molecule has 1 aliphatic carbocycles. The van der Waals surface area contributed by atoms with Crippen molar-refractivity contribution in [2.45, 2.75) is 25.7 Å². The number of allylic oxidation sites excluding steroid dienone is 1. The molecule has 0 aromatic heterocycles. The first-order chi connectivity index (χ1) is 13.3. The number of piperazine rings is 1. The maximum absolute atomic E-state index is 5.53. The number of rotatable bonds is 4. The van der Waals surface area contributed by atoms with Gasteiger partial charge in [-0.1, -0.05) is 48.0 Å². The fraction of sp³-hybridized carbons (Fsp3) is 0.417. The normalized spacial score (nSPS) is 19.6. The number of benzene rings is 2. The Hall–Kier alpha value is -2.26. The molecule has 2 aromatic rings. The summed E-state index contributed by atoms with van der Waals surface area (Å²) in [5.74, 6) is 0.977. The quantitative estimate of drug-likeness (QED) is 0.595. The number of hydrogen-bond acceptors (Lipinski definition) is 3. The lowest BCUT2D eigenvalue weighted by atomic mass is 10.0. The second-order valence-electron chi connectivity index (χ2n) is 7.62. The van der Waals surface area contributed by atoms with Crippen LogP contribution < -0.4 is 9.64 Å². The van der Waals surface area contributed by atoms with Gasteiger partial charge in [-0.05, 0) is 48.9 Å². The number of hydrogen-bond donors (Lipinski definition) is 0. The molecule has 142 valence electrons. The molecule has 1 fully saturated rings. The van der Waals surface area contributed by atoms with Gasteiger partial charge in [0, 0.05) is 32.7 Å². The van der Waals surface area contributed by atoms with Crippen molar-refractivity contribution < 1.29 is 4.74 Å². The standard InChI is InChI=1S/C24H30N2O/c1-27-24-12-5-4-11-23(24)26-17-15-25(16-18-26)14-13-20-7-6-10-21-8-2-3-9-22(21)19-20/h2-5,8-9,11-13H,6-7,10,14-19H2,1H3/b20-13-. The molecular weight excluding hydrogens is 332 g/mol. The number of aryl methyl sites for hydroxylation is 1. The maximum Gasteiger partial charge on any atom is 0.142 e. The molecule has 0 atom stereocenters. The van der Waals surface area contributed by atoms with Gasteiger partial charge in [0.1, 0.15) is 5.75 Å². The molecule has 2 aliphatic rings. The van der Waals surface area contributed by atoms with E-state index in [2.05, 4.69) is 58.3 Å². The SMILES string of the molecule is COc1ccccc1N1CCN(C/C=C2/CCCc3ccccc3C2)CC1. The fourth-order valence-electron chi connectivity index (χ4n) is 4.31. The third-order valence-corrected chi connectivity index (χ3v) is 5.92. The van der Waals surface area contributed by atoms with E-state index >= 15 is 0 Å². The Morgan fingerprint density at radius 1 is 0.889 bits per heavy atom. The van der Waals surface area contributed by atoms with Crippen molar-refractivity contribution in [2.75, 3.05) is 44.7 Å². The smallest absolute Gasteiger partial charge is 0.142 e. The van der Waals surface area contributed by atoms with Crippen LogP contribution in [-0.2, 0) is 12.8 Å². The predicted octanol–water partition coefficient (Wildman–Crippen LogP) is 4.32. The van der Waals surface area contributed by atoms with Crippen LogP contribution in [0.15, 0.2) is 60.2 Å². The molecule has 27 heavy (non-hydrogen) atoms. The Kier molecular flexibility index (Phi) is 5.78. The zero-order chi connectivity index (χ0) is 18.5. The van der Waals surface area contributed by atoms with Crippen LogP contribution in [0.25, 0.3) is 0 Å². The molecule has 3 nitrogen and oxygen atoms in total. The van der Waals surface area contributed by atoms with Crippen molar-refractivity contribution in [3.8, 4) is 5.75 Å². The van der Waals surface area contributed by atoms with Crippen molar-refractivity contribution in [1.29, 1.82) is 0 Å². The van der Waals surface area contributed by atoms with Gasteiger partial charge < -0.3 is 9.64 Å². The first kappa shape index (κ1) is 18.1. The highest BCUT2D eigenvalue weighted by Gasteiger charge is 2.19. The molecule has 4 rings (SSSR count). The molecule has 0 spiro atoms. The summed E-state index contributed by atoms with van der Waals surface area (Å²) in [6, 6.07) is 17.3. The van der Waals surface area contributed by atoms with Crippen LogP contribution in [0.5, 0.6) is 5.75 Å². The average molecular weight is 363 g/mol. The van der Waals surface area contributed by atoms with Crippen LogP contribution in [0.3, 0.4) is 0 Å². The molecule has 0 N–H and O–H groups in total. The maximum atomic E-state index is 5.53. The third-order valence-electron chi connectivity index (χ3n) is 5.92. The summed E-state index contributed by atoms with van der Waals surface area (Å²) >= 11 is 0. The van der Waals surface area contributed by atoms with Gasteiger partial charge >= 0.3 is 0 Å². The van der Waals surface area contributed by atoms with Crippen LogP contribution in [-0.4, -0.2) is 44.7 Å². The van der Waals surface area contributed by atoms with Crippen molar-refractivity contribution in [1.82, 2.24) is 4.90 Å². The minimum atomic E-state index is 0.977. The van der Waals surface area contributed by atoms with Crippen LogP contribution in [0.1, 0.15) is 24.0 Å². The van der Waals surface area contributed by atoms with Crippen LogP contribution in [0.2, 0.25) is 0 Å². The number of methoxy groups -OCH3 is 1. The fourth-order valence-corrected chi connectivity index (χ4v) is 4.31. The minimum absolute atomic E-state index is 0.977. The van der Waals surface area contributed by atoms with E-state index in [-0.39, 0.29) is 0 Å². The van der Waals surface area contributed by atoms with Gasteiger partial charge in [-0.25, -0.2) is 0 Å². The molecule has 3 heteroatoms. The summed E-state index contributed by atoms with van der Waals surface area (Å²) in [5.41, 5.74) is 5.92. The average Bonchev–Trinajstić information content (AvgIpc) is 2.94. The largest absolute Gasteiger partial charge is 0.495 e. The summed E-state index contributed by atoms with van der Waals surface area (Å²) in [6.45, 7) is 5.42. The molecule has 0 amide bonds. The van der Waals surface area contributed by atoms with Gasteiger partial charge in [-0.15, -0.1) is 0 Å². The number of ether oxygens (including phenoxy) is 1. The number of fused-ring (bicyclic) bond motifs is 1. The van der Waals surface area contributed by atoms with Crippen molar-refractivity contribution >= 4 is 5.69 Å². The summed E-state index contributed by atoms with van der Waals surface area (Å²) in [7, 11) is 1.76. The summed E-state index contributed by atoms with van der Waals surface area (Å²) in [6.07, 6.45) is 7.39. The Morgan fingerprint density at radius 3 is 2.44 bits per heavy atom. The van der Waals surface area contributed by atoms with E-state index in [1.54, 1.807) is 18.2 Å². The Morgan fingerprint density at radius 2 is 1.63 bits per heavy atom. The molecule has 0 unspecified atom stereocenters. The molecule has 2 aromatic carbocycles. The van der Waals surface area contributed by atoms with Gasteiger partial charge in [0.05, 0.1) is 12.8 Å². The zero-order valence-electron chi connectivity index (χ0n) is 16.4. The number of anilines is 1. The summed E-state index contributed by atoms with van der Waals surface area (Å²) < 4.78 is 5.53. The molecule has 0 bridgehead atoms. The van der Waals surface area contributed by atoms with E-state index in [9.17, 15) is 0 Å². The molecule has 0 saturated carbocycles. The first-order valence-electron chi connectivity index (χ1n) is 10.2. The van der Waals surface area contributed by atoms with Gasteiger partial charge in [-0.2, -0.15) is 0 Å². The topological polar surface area (TPSA) is 15.7 Å². The second-order valence-corrected chi connectivity index (χ2v) is 7.62.